The molecule has 0 atom stereocenters. The standard InChI is InChI=1S/C11H19F2N/c12-11(13)7-5-10(14,6-8-11)9-3-1-2-4-9/h9H,1-8,14H2. The van der Waals surface area contributed by atoms with E-state index in [4.69, 9.17) is 5.73 Å². The highest BCUT2D eigenvalue weighted by molar-refractivity contribution is 4.98. The van der Waals surface area contributed by atoms with Gasteiger partial charge in [-0.3, -0.25) is 0 Å². The highest BCUT2D eigenvalue weighted by Gasteiger charge is 2.45. The fraction of sp³-hybridized carbons (Fsp3) is 1.00. The van der Waals surface area contributed by atoms with Crippen LogP contribution >= 0.6 is 0 Å². The Hall–Kier alpha value is -0.180. The highest BCUT2D eigenvalue weighted by atomic mass is 19.3. The monoisotopic (exact) mass is 203 g/mol. The summed E-state index contributed by atoms with van der Waals surface area (Å²) in [5, 5.41) is 0. The second-order valence-electron chi connectivity index (χ2n) is 5.07. The maximum Gasteiger partial charge on any atom is 0.248 e. The van der Waals surface area contributed by atoms with Crippen molar-refractivity contribution in [2.24, 2.45) is 11.7 Å². The predicted molar refractivity (Wildman–Crippen MR) is 52.3 cm³/mol. The van der Waals surface area contributed by atoms with Gasteiger partial charge in [-0.05, 0) is 31.6 Å². The van der Waals surface area contributed by atoms with E-state index in [1.807, 2.05) is 0 Å². The minimum absolute atomic E-state index is 0. The average Bonchev–Trinajstić information content (AvgIpc) is 2.64. The van der Waals surface area contributed by atoms with Gasteiger partial charge in [0.05, 0.1) is 0 Å². The zero-order chi connectivity index (χ0) is 10.2. The van der Waals surface area contributed by atoms with Crippen LogP contribution in [0.15, 0.2) is 0 Å². The maximum absolute atomic E-state index is 13.0. The van der Waals surface area contributed by atoms with E-state index >= 15 is 0 Å². The van der Waals surface area contributed by atoms with Gasteiger partial charge in [-0.15, -0.1) is 0 Å². The van der Waals surface area contributed by atoms with E-state index in [1.54, 1.807) is 0 Å². The Morgan fingerprint density at radius 1 is 0.929 bits per heavy atom. The molecule has 0 bridgehead atoms. The van der Waals surface area contributed by atoms with Gasteiger partial charge in [0.1, 0.15) is 0 Å². The Morgan fingerprint density at radius 3 is 1.93 bits per heavy atom. The molecule has 14 heavy (non-hydrogen) atoms. The molecule has 0 spiro atoms. The minimum Gasteiger partial charge on any atom is -0.325 e. The molecule has 0 radical (unpaired) electrons. The number of hydrogen-bond acceptors (Lipinski definition) is 1. The lowest BCUT2D eigenvalue weighted by Crippen LogP contribution is -2.51. The maximum atomic E-state index is 13.0. The highest BCUT2D eigenvalue weighted by Crippen LogP contribution is 2.45. The minimum atomic E-state index is -2.44. The van der Waals surface area contributed by atoms with Crippen LogP contribution in [-0.4, -0.2) is 11.5 Å². The quantitative estimate of drug-likeness (QED) is 0.696. The first kappa shape index (κ1) is 10.3. The smallest absolute Gasteiger partial charge is 0.248 e. The van der Waals surface area contributed by atoms with Crippen LogP contribution < -0.4 is 5.73 Å². The summed E-state index contributed by atoms with van der Waals surface area (Å²) in [6.45, 7) is 0. The Balaban J connectivity index is 1.97. The summed E-state index contributed by atoms with van der Waals surface area (Å²) in [5.74, 6) is -1.93. The van der Waals surface area contributed by atoms with E-state index in [1.165, 1.54) is 12.8 Å². The molecule has 0 aromatic carbocycles. The van der Waals surface area contributed by atoms with Crippen LogP contribution in [0, 0.1) is 5.92 Å². The molecule has 2 aliphatic rings. The van der Waals surface area contributed by atoms with Crippen LogP contribution in [0.1, 0.15) is 51.4 Å². The van der Waals surface area contributed by atoms with Crippen LogP contribution in [0.25, 0.3) is 0 Å². The summed E-state index contributed by atoms with van der Waals surface area (Å²) < 4.78 is 26.0. The molecule has 1 nitrogen and oxygen atoms in total. The first-order chi connectivity index (χ1) is 6.52. The van der Waals surface area contributed by atoms with Crippen molar-refractivity contribution in [2.45, 2.75) is 62.8 Å². The molecule has 0 aromatic heterocycles. The van der Waals surface area contributed by atoms with E-state index in [0.29, 0.717) is 18.8 Å². The van der Waals surface area contributed by atoms with Crippen LogP contribution in [-0.2, 0) is 0 Å². The topological polar surface area (TPSA) is 26.0 Å². The van der Waals surface area contributed by atoms with E-state index in [0.717, 1.165) is 12.8 Å². The molecule has 0 amide bonds. The third kappa shape index (κ3) is 1.92. The molecule has 2 saturated carbocycles. The fourth-order valence-corrected chi connectivity index (χ4v) is 2.99. The van der Waals surface area contributed by atoms with Crippen LogP contribution in [0.3, 0.4) is 0 Å². The lowest BCUT2D eigenvalue weighted by Gasteiger charge is -2.41. The zero-order valence-electron chi connectivity index (χ0n) is 8.57. The molecule has 0 heterocycles. The molecule has 2 fully saturated rings. The summed E-state index contributed by atoms with van der Waals surface area (Å²) in [7, 11) is 0. The summed E-state index contributed by atoms with van der Waals surface area (Å²) >= 11 is 0. The molecular formula is C11H19F2N. The van der Waals surface area contributed by atoms with Crippen molar-refractivity contribution in [3.05, 3.63) is 0 Å². The van der Waals surface area contributed by atoms with Gasteiger partial charge in [-0.25, -0.2) is 8.78 Å². The van der Waals surface area contributed by atoms with Gasteiger partial charge in [0.2, 0.25) is 5.92 Å². The van der Waals surface area contributed by atoms with Crippen molar-refractivity contribution in [3.63, 3.8) is 0 Å². The van der Waals surface area contributed by atoms with Crippen molar-refractivity contribution in [2.75, 3.05) is 0 Å². The molecule has 0 saturated heterocycles. The zero-order valence-corrected chi connectivity index (χ0v) is 8.57. The van der Waals surface area contributed by atoms with Crippen LogP contribution in [0.4, 0.5) is 8.78 Å². The number of rotatable bonds is 1. The van der Waals surface area contributed by atoms with Crippen molar-refractivity contribution in [1.82, 2.24) is 0 Å². The molecular weight excluding hydrogens is 184 g/mol. The Kier molecular flexibility index (Phi) is 2.54. The van der Waals surface area contributed by atoms with Gasteiger partial charge >= 0.3 is 0 Å². The molecule has 2 N–H and O–H groups in total. The van der Waals surface area contributed by atoms with Gasteiger partial charge < -0.3 is 5.73 Å². The second kappa shape index (κ2) is 3.44. The first-order valence-corrected chi connectivity index (χ1v) is 5.69. The normalized spacial score (nSPS) is 31.9. The lowest BCUT2D eigenvalue weighted by atomic mass is 9.72. The Labute approximate surface area is 84.0 Å². The molecule has 3 heteroatoms. The first-order valence-electron chi connectivity index (χ1n) is 5.69. The van der Waals surface area contributed by atoms with E-state index in [9.17, 15) is 8.78 Å². The van der Waals surface area contributed by atoms with E-state index < -0.39 is 5.92 Å². The molecule has 0 aliphatic heterocycles. The average molecular weight is 203 g/mol. The third-order valence-corrected chi connectivity index (χ3v) is 4.08. The number of hydrogen-bond donors (Lipinski definition) is 1. The van der Waals surface area contributed by atoms with Gasteiger partial charge in [-0.2, -0.15) is 0 Å². The Bertz CT molecular complexity index is 199. The SMILES string of the molecule is NC1(C2CCCC2)CCC(F)(F)CC1. The fourth-order valence-electron chi connectivity index (χ4n) is 2.99. The summed E-state index contributed by atoms with van der Waals surface area (Å²) in [6, 6.07) is 0. The van der Waals surface area contributed by atoms with Crippen molar-refractivity contribution in [3.8, 4) is 0 Å². The Morgan fingerprint density at radius 2 is 1.43 bits per heavy atom. The van der Waals surface area contributed by atoms with Gasteiger partial charge in [-0.1, -0.05) is 12.8 Å². The summed E-state index contributed by atoms with van der Waals surface area (Å²) in [4.78, 5) is 0. The molecule has 0 unspecified atom stereocenters. The molecule has 82 valence electrons. The second-order valence-corrected chi connectivity index (χ2v) is 5.07. The van der Waals surface area contributed by atoms with Crippen LogP contribution in [0.5, 0.6) is 0 Å². The predicted octanol–water partition coefficient (Wildman–Crippen LogP) is 3.08. The largest absolute Gasteiger partial charge is 0.325 e. The van der Waals surface area contributed by atoms with Gasteiger partial charge in [0.25, 0.3) is 0 Å². The molecule has 2 aliphatic carbocycles. The van der Waals surface area contributed by atoms with E-state index in [-0.39, 0.29) is 18.4 Å². The number of halogens is 2. The van der Waals surface area contributed by atoms with Gasteiger partial charge in [0, 0.05) is 18.4 Å². The van der Waals surface area contributed by atoms with E-state index in [2.05, 4.69) is 0 Å². The summed E-state index contributed by atoms with van der Waals surface area (Å²) in [5.41, 5.74) is 5.99. The van der Waals surface area contributed by atoms with Crippen LogP contribution in [0.2, 0.25) is 0 Å². The van der Waals surface area contributed by atoms with Crippen molar-refractivity contribution < 1.29 is 8.78 Å². The number of alkyl halides is 2. The lowest BCUT2D eigenvalue weighted by molar-refractivity contribution is -0.0582. The van der Waals surface area contributed by atoms with Crippen molar-refractivity contribution >= 4 is 0 Å². The van der Waals surface area contributed by atoms with Gasteiger partial charge in [0.15, 0.2) is 0 Å². The van der Waals surface area contributed by atoms with Crippen molar-refractivity contribution in [1.29, 1.82) is 0 Å². The molecule has 0 aromatic rings. The summed E-state index contributed by atoms with van der Waals surface area (Å²) in [6.07, 6.45) is 5.82. The number of nitrogens with two attached hydrogens (primary N) is 1. The third-order valence-electron chi connectivity index (χ3n) is 4.08. The molecule has 2 rings (SSSR count).